The largest absolute Gasteiger partial charge is 0.492 e. The third-order valence-electron chi connectivity index (χ3n) is 4.27. The zero-order valence-corrected chi connectivity index (χ0v) is 13.7. The normalized spacial score (nSPS) is 21.5. The molecule has 1 aliphatic heterocycles. The Hall–Kier alpha value is -1.11. The second-order valence-corrected chi connectivity index (χ2v) is 8.21. The lowest BCUT2D eigenvalue weighted by molar-refractivity contribution is 0.215. The van der Waals surface area contributed by atoms with Gasteiger partial charge in [0.15, 0.2) is 0 Å². The van der Waals surface area contributed by atoms with Crippen molar-refractivity contribution in [3.8, 4) is 5.75 Å². The van der Waals surface area contributed by atoms with Gasteiger partial charge in [-0.05, 0) is 37.9 Å². The van der Waals surface area contributed by atoms with Gasteiger partial charge < -0.3 is 4.74 Å². The molecule has 0 N–H and O–H groups in total. The fraction of sp³-hybridized carbons (Fsp3) is 0.625. The predicted octanol–water partition coefficient (Wildman–Crippen LogP) is 1.57. The summed E-state index contributed by atoms with van der Waals surface area (Å²) in [6.45, 7) is 4.49. The Bertz CT molecular complexity index is 572. The monoisotopic (exact) mass is 324 g/mol. The highest BCUT2D eigenvalue weighted by atomic mass is 32.2. The molecule has 1 aromatic rings. The highest BCUT2D eigenvalue weighted by molar-refractivity contribution is 7.90. The van der Waals surface area contributed by atoms with Crippen molar-refractivity contribution >= 4 is 10.0 Å². The van der Waals surface area contributed by atoms with Crippen LogP contribution in [0.2, 0.25) is 0 Å². The van der Waals surface area contributed by atoms with Gasteiger partial charge >= 0.3 is 0 Å². The first-order valence-electron chi connectivity index (χ1n) is 8.05. The average Bonchev–Trinajstić information content (AvgIpc) is 3.36. The van der Waals surface area contributed by atoms with Crippen molar-refractivity contribution in [3.63, 3.8) is 0 Å². The van der Waals surface area contributed by atoms with Gasteiger partial charge in [0.1, 0.15) is 12.4 Å². The number of hydrogen-bond acceptors (Lipinski definition) is 4. The van der Waals surface area contributed by atoms with E-state index >= 15 is 0 Å². The van der Waals surface area contributed by atoms with E-state index in [0.29, 0.717) is 19.7 Å². The molecule has 2 fully saturated rings. The predicted molar refractivity (Wildman–Crippen MR) is 86.5 cm³/mol. The van der Waals surface area contributed by atoms with Crippen LogP contribution in [0.1, 0.15) is 19.3 Å². The Balaban J connectivity index is 1.44. The second-order valence-electron chi connectivity index (χ2n) is 6.00. The van der Waals surface area contributed by atoms with Crippen LogP contribution in [0.25, 0.3) is 0 Å². The molecule has 1 saturated carbocycles. The average molecular weight is 324 g/mol. The van der Waals surface area contributed by atoms with Crippen molar-refractivity contribution in [1.82, 2.24) is 9.21 Å². The zero-order valence-electron chi connectivity index (χ0n) is 12.9. The Morgan fingerprint density at radius 3 is 2.55 bits per heavy atom. The topological polar surface area (TPSA) is 49.9 Å². The number of sulfonamides is 1. The van der Waals surface area contributed by atoms with Crippen molar-refractivity contribution in [1.29, 1.82) is 0 Å². The lowest BCUT2D eigenvalue weighted by Crippen LogP contribution is -2.37. The second kappa shape index (κ2) is 6.98. The molecule has 0 radical (unpaired) electrons. The molecule has 3 rings (SSSR count). The minimum absolute atomic E-state index is 0.0968. The number of para-hydroxylation sites is 1. The van der Waals surface area contributed by atoms with Gasteiger partial charge in [-0.2, -0.15) is 0 Å². The molecule has 2 aliphatic rings. The molecule has 6 heteroatoms. The minimum atomic E-state index is -3.02. The lowest BCUT2D eigenvalue weighted by atomic mass is 10.3. The highest BCUT2D eigenvalue weighted by Gasteiger charge is 2.40. The molecule has 122 valence electrons. The number of ether oxygens (including phenoxy) is 1. The summed E-state index contributed by atoms with van der Waals surface area (Å²) in [5.41, 5.74) is 0. The van der Waals surface area contributed by atoms with E-state index in [1.54, 1.807) is 4.31 Å². The first-order chi connectivity index (χ1) is 10.7. The number of nitrogens with zero attached hydrogens (tertiary/aromatic N) is 2. The van der Waals surface area contributed by atoms with Crippen LogP contribution >= 0.6 is 0 Å². The summed E-state index contributed by atoms with van der Waals surface area (Å²) in [6.07, 6.45) is 2.58. The van der Waals surface area contributed by atoms with Gasteiger partial charge in [0.2, 0.25) is 10.0 Å². The Morgan fingerprint density at radius 1 is 1.05 bits per heavy atom. The Labute approximate surface area is 132 Å². The third-order valence-corrected chi connectivity index (χ3v) is 6.67. The molecule has 0 atom stereocenters. The highest BCUT2D eigenvalue weighted by Crippen LogP contribution is 2.31. The number of benzene rings is 1. The maximum absolute atomic E-state index is 12.3. The maximum atomic E-state index is 12.3. The summed E-state index contributed by atoms with van der Waals surface area (Å²) >= 11 is 0. The van der Waals surface area contributed by atoms with Crippen LogP contribution in [-0.2, 0) is 10.0 Å². The van der Waals surface area contributed by atoms with Crippen molar-refractivity contribution in [2.45, 2.75) is 24.5 Å². The van der Waals surface area contributed by atoms with Crippen molar-refractivity contribution in [3.05, 3.63) is 30.3 Å². The molecular formula is C16H24N2O3S. The molecule has 0 aromatic heterocycles. The van der Waals surface area contributed by atoms with Gasteiger partial charge in [-0.15, -0.1) is 0 Å². The van der Waals surface area contributed by atoms with Crippen LogP contribution in [-0.4, -0.2) is 62.2 Å². The summed E-state index contributed by atoms with van der Waals surface area (Å²) < 4.78 is 32.0. The fourth-order valence-corrected chi connectivity index (χ4v) is 4.68. The summed E-state index contributed by atoms with van der Waals surface area (Å²) in [7, 11) is -3.02. The molecule has 0 spiro atoms. The summed E-state index contributed by atoms with van der Waals surface area (Å²) in [5, 5.41) is -0.0968. The van der Waals surface area contributed by atoms with Gasteiger partial charge in [0.25, 0.3) is 0 Å². The van der Waals surface area contributed by atoms with Crippen LogP contribution in [0.15, 0.2) is 30.3 Å². The first-order valence-corrected chi connectivity index (χ1v) is 9.56. The van der Waals surface area contributed by atoms with Crippen LogP contribution in [0.3, 0.4) is 0 Å². The van der Waals surface area contributed by atoms with E-state index in [-0.39, 0.29) is 5.25 Å². The minimum Gasteiger partial charge on any atom is -0.492 e. The van der Waals surface area contributed by atoms with Crippen LogP contribution in [0.4, 0.5) is 0 Å². The van der Waals surface area contributed by atoms with E-state index in [9.17, 15) is 8.42 Å². The molecule has 1 heterocycles. The van der Waals surface area contributed by atoms with Crippen LogP contribution < -0.4 is 4.74 Å². The molecule has 5 nitrogen and oxygen atoms in total. The smallest absolute Gasteiger partial charge is 0.217 e. The Morgan fingerprint density at radius 2 is 1.82 bits per heavy atom. The van der Waals surface area contributed by atoms with Gasteiger partial charge in [-0.3, -0.25) is 4.90 Å². The van der Waals surface area contributed by atoms with E-state index in [2.05, 4.69) is 4.90 Å². The third kappa shape index (κ3) is 4.00. The molecule has 1 aliphatic carbocycles. The lowest BCUT2D eigenvalue weighted by Gasteiger charge is -2.21. The molecule has 0 bridgehead atoms. The van der Waals surface area contributed by atoms with Crippen molar-refractivity contribution < 1.29 is 13.2 Å². The molecule has 22 heavy (non-hydrogen) atoms. The molecule has 1 saturated heterocycles. The maximum Gasteiger partial charge on any atom is 0.217 e. The van der Waals surface area contributed by atoms with Gasteiger partial charge in [-0.25, -0.2) is 12.7 Å². The van der Waals surface area contributed by atoms with E-state index in [4.69, 9.17) is 4.74 Å². The summed E-state index contributed by atoms with van der Waals surface area (Å²) in [6, 6.07) is 9.79. The van der Waals surface area contributed by atoms with Gasteiger partial charge in [0, 0.05) is 26.2 Å². The van der Waals surface area contributed by atoms with Crippen molar-refractivity contribution in [2.24, 2.45) is 0 Å². The summed E-state index contributed by atoms with van der Waals surface area (Å²) in [4.78, 5) is 2.30. The van der Waals surface area contributed by atoms with E-state index in [0.717, 1.165) is 44.6 Å². The zero-order chi connectivity index (χ0) is 15.4. The van der Waals surface area contributed by atoms with Crippen LogP contribution in [0.5, 0.6) is 5.75 Å². The van der Waals surface area contributed by atoms with Gasteiger partial charge in [-0.1, -0.05) is 18.2 Å². The molecular weight excluding hydrogens is 300 g/mol. The van der Waals surface area contributed by atoms with E-state index in [1.165, 1.54) is 0 Å². The summed E-state index contributed by atoms with van der Waals surface area (Å²) in [5.74, 6) is 0.884. The number of hydrogen-bond donors (Lipinski definition) is 0. The fourth-order valence-electron chi connectivity index (χ4n) is 2.81. The van der Waals surface area contributed by atoms with Crippen molar-refractivity contribution in [2.75, 3.05) is 39.3 Å². The van der Waals surface area contributed by atoms with E-state index in [1.807, 2.05) is 30.3 Å². The molecule has 0 unspecified atom stereocenters. The first kappa shape index (κ1) is 15.8. The van der Waals surface area contributed by atoms with E-state index < -0.39 is 10.0 Å². The standard InChI is InChI=1S/C16H24N2O3S/c19-22(20,16-7-8-16)18-10-4-9-17(11-12-18)13-14-21-15-5-2-1-3-6-15/h1-3,5-6,16H,4,7-14H2. The molecule has 1 aromatic carbocycles. The number of rotatable bonds is 6. The van der Waals surface area contributed by atoms with Crippen LogP contribution in [0, 0.1) is 0 Å². The Kier molecular flexibility index (Phi) is 5.00. The quantitative estimate of drug-likeness (QED) is 0.797. The molecule has 0 amide bonds. The van der Waals surface area contributed by atoms with Gasteiger partial charge in [0.05, 0.1) is 5.25 Å². The SMILES string of the molecule is O=S(=O)(C1CC1)N1CCCN(CCOc2ccccc2)CC1.